The maximum Gasteiger partial charge on any atom is 0.328 e. The topological polar surface area (TPSA) is 63.7 Å². The van der Waals surface area contributed by atoms with Gasteiger partial charge in [-0.15, -0.1) is 0 Å². The van der Waals surface area contributed by atoms with Gasteiger partial charge in [-0.3, -0.25) is 13.9 Å². The number of ether oxygens (including phenoxy) is 1. The van der Waals surface area contributed by atoms with E-state index in [1.54, 1.807) is 6.92 Å². The first-order valence-electron chi connectivity index (χ1n) is 7.64. The summed E-state index contributed by atoms with van der Waals surface area (Å²) < 4.78 is 16.8. The summed E-state index contributed by atoms with van der Waals surface area (Å²) in [4.78, 5) is 26.1. The fourth-order valence-electron chi connectivity index (χ4n) is 2.50. The average Bonchev–Trinajstić information content (AvgIpc) is 2.49. The fraction of sp³-hybridized carbons (Fsp3) is 0.529. The lowest BCUT2D eigenvalue weighted by Crippen LogP contribution is -2.46. The van der Waals surface area contributed by atoms with Crippen LogP contribution in [0.3, 0.4) is 0 Å². The Kier molecular flexibility index (Phi) is 7.42. The van der Waals surface area contributed by atoms with E-state index in [2.05, 4.69) is 0 Å². The molecule has 2 unspecified atom stereocenters. The highest BCUT2D eigenvalue weighted by Gasteiger charge is 2.30. The predicted molar refractivity (Wildman–Crippen MR) is 93.0 cm³/mol. The minimum Gasteiger partial charge on any atom is -0.467 e. The third kappa shape index (κ3) is 4.89. The molecule has 0 fully saturated rings. The zero-order valence-corrected chi connectivity index (χ0v) is 15.2. The van der Waals surface area contributed by atoms with Gasteiger partial charge in [0.15, 0.2) is 0 Å². The number of hydrogen-bond acceptors (Lipinski definition) is 4. The number of methoxy groups -OCH3 is 1. The molecule has 1 aromatic carbocycles. The van der Waals surface area contributed by atoms with Crippen molar-refractivity contribution in [2.24, 2.45) is 0 Å². The lowest BCUT2D eigenvalue weighted by molar-refractivity contribution is -0.142. The Balaban J connectivity index is 3.25. The molecule has 1 aromatic rings. The van der Waals surface area contributed by atoms with Gasteiger partial charge in [-0.25, -0.2) is 4.79 Å². The number of nitrogens with zero attached hydrogens (tertiary/aromatic N) is 1. The molecule has 1 amide bonds. The largest absolute Gasteiger partial charge is 0.467 e. The van der Waals surface area contributed by atoms with E-state index in [1.807, 2.05) is 39.0 Å². The van der Waals surface area contributed by atoms with Gasteiger partial charge in [-0.1, -0.05) is 25.1 Å². The molecule has 2 atom stereocenters. The van der Waals surface area contributed by atoms with Crippen LogP contribution in [0.15, 0.2) is 18.2 Å². The van der Waals surface area contributed by atoms with Crippen molar-refractivity contribution in [3.63, 3.8) is 0 Å². The van der Waals surface area contributed by atoms with Gasteiger partial charge in [0, 0.05) is 16.6 Å². The number of carbonyl (C=O) groups is 2. The van der Waals surface area contributed by atoms with Crippen LogP contribution in [-0.2, 0) is 25.1 Å². The van der Waals surface area contributed by atoms with Gasteiger partial charge in [-0.2, -0.15) is 0 Å². The zero-order valence-electron chi connectivity index (χ0n) is 14.4. The van der Waals surface area contributed by atoms with E-state index in [1.165, 1.54) is 12.0 Å². The molecule has 0 aliphatic rings. The molecule has 0 radical (unpaired) electrons. The van der Waals surface area contributed by atoms with E-state index >= 15 is 0 Å². The number of carbonyl (C=O) groups excluding carboxylic acids is 2. The molecular formula is C17H25NO4S. The molecule has 6 heteroatoms. The Hall–Kier alpha value is -1.69. The SMILES string of the molecule is CCCS(=O)CC(=O)N(c1c(C)cccc1C)C(C)C(=O)OC. The zero-order chi connectivity index (χ0) is 17.6. The number of benzene rings is 1. The molecule has 0 aromatic heterocycles. The number of esters is 1. The Morgan fingerprint density at radius 1 is 1.26 bits per heavy atom. The number of hydrogen-bond donors (Lipinski definition) is 0. The molecule has 0 aliphatic carbocycles. The predicted octanol–water partition coefficient (Wildman–Crippen LogP) is 2.36. The van der Waals surface area contributed by atoms with E-state index in [0.717, 1.165) is 17.5 Å². The number of para-hydroxylation sites is 1. The molecule has 128 valence electrons. The fourth-order valence-corrected chi connectivity index (χ4v) is 3.52. The molecule has 0 saturated carbocycles. The van der Waals surface area contributed by atoms with Gasteiger partial charge < -0.3 is 4.74 Å². The summed E-state index contributed by atoms with van der Waals surface area (Å²) >= 11 is 0. The average molecular weight is 339 g/mol. The van der Waals surface area contributed by atoms with Crippen molar-refractivity contribution in [3.8, 4) is 0 Å². The Morgan fingerprint density at radius 2 is 1.83 bits per heavy atom. The molecule has 0 N–H and O–H groups in total. The summed E-state index contributed by atoms with van der Waals surface area (Å²) in [6, 6.07) is 4.89. The molecule has 0 spiro atoms. The molecule has 5 nitrogen and oxygen atoms in total. The van der Waals surface area contributed by atoms with Crippen molar-refractivity contribution in [1.82, 2.24) is 0 Å². The van der Waals surface area contributed by atoms with Gasteiger partial charge in [0.25, 0.3) is 0 Å². The highest BCUT2D eigenvalue weighted by atomic mass is 32.2. The van der Waals surface area contributed by atoms with Crippen molar-refractivity contribution in [3.05, 3.63) is 29.3 Å². The van der Waals surface area contributed by atoms with Gasteiger partial charge in [0.1, 0.15) is 11.8 Å². The van der Waals surface area contributed by atoms with Crippen LogP contribution >= 0.6 is 0 Å². The molecule has 1 rings (SSSR count). The monoisotopic (exact) mass is 339 g/mol. The summed E-state index contributed by atoms with van der Waals surface area (Å²) in [6.45, 7) is 7.31. The quantitative estimate of drug-likeness (QED) is 0.716. The standard InChI is InChI=1S/C17H25NO4S/c1-6-10-23(21)11-15(19)18(14(4)17(20)22-5)16-12(2)8-7-9-13(16)3/h7-9,14H,6,10-11H2,1-5H3. The van der Waals surface area contributed by atoms with Crippen LogP contribution in [0, 0.1) is 13.8 Å². The second-order valence-corrected chi connectivity index (χ2v) is 7.07. The third-order valence-electron chi connectivity index (χ3n) is 3.59. The molecule has 0 heterocycles. The number of aryl methyl sites for hydroxylation is 2. The lowest BCUT2D eigenvalue weighted by atomic mass is 10.1. The number of amides is 1. The first kappa shape index (κ1) is 19.4. The summed E-state index contributed by atoms with van der Waals surface area (Å²) in [6.07, 6.45) is 0.746. The minimum absolute atomic E-state index is 0.0943. The van der Waals surface area contributed by atoms with E-state index in [-0.39, 0.29) is 11.7 Å². The van der Waals surface area contributed by atoms with Gasteiger partial charge in [0.2, 0.25) is 5.91 Å². The van der Waals surface area contributed by atoms with Crippen LogP contribution < -0.4 is 4.90 Å². The van der Waals surface area contributed by atoms with E-state index < -0.39 is 22.8 Å². The molecular weight excluding hydrogens is 314 g/mol. The first-order chi connectivity index (χ1) is 10.8. The van der Waals surface area contributed by atoms with Crippen molar-refractivity contribution in [1.29, 1.82) is 0 Å². The summed E-state index contributed by atoms with van der Waals surface area (Å²) in [5.41, 5.74) is 2.45. The van der Waals surface area contributed by atoms with Crippen LogP contribution in [0.4, 0.5) is 5.69 Å². The van der Waals surface area contributed by atoms with Gasteiger partial charge >= 0.3 is 5.97 Å². The Morgan fingerprint density at radius 3 is 2.30 bits per heavy atom. The highest BCUT2D eigenvalue weighted by Crippen LogP contribution is 2.27. The van der Waals surface area contributed by atoms with Gasteiger partial charge in [-0.05, 0) is 38.3 Å². The second kappa shape index (κ2) is 8.82. The normalized spacial score (nSPS) is 13.3. The minimum atomic E-state index is -1.23. The van der Waals surface area contributed by atoms with Crippen molar-refractivity contribution < 1.29 is 18.5 Å². The van der Waals surface area contributed by atoms with Gasteiger partial charge in [0.05, 0.1) is 12.8 Å². The van der Waals surface area contributed by atoms with Crippen LogP contribution in [0.5, 0.6) is 0 Å². The maximum absolute atomic E-state index is 12.7. The maximum atomic E-state index is 12.7. The highest BCUT2D eigenvalue weighted by molar-refractivity contribution is 7.85. The summed E-state index contributed by atoms with van der Waals surface area (Å²) in [7, 11) is 0.0603. The van der Waals surface area contributed by atoms with Crippen LogP contribution in [0.25, 0.3) is 0 Å². The molecule has 23 heavy (non-hydrogen) atoms. The second-order valence-electron chi connectivity index (χ2n) is 5.49. The smallest absolute Gasteiger partial charge is 0.328 e. The van der Waals surface area contributed by atoms with E-state index in [4.69, 9.17) is 4.74 Å². The lowest BCUT2D eigenvalue weighted by Gasteiger charge is -2.30. The summed E-state index contributed by atoms with van der Waals surface area (Å²) in [5, 5.41) is 0. The molecule has 0 saturated heterocycles. The number of rotatable bonds is 7. The first-order valence-corrected chi connectivity index (χ1v) is 9.13. The van der Waals surface area contributed by atoms with E-state index in [9.17, 15) is 13.8 Å². The summed E-state index contributed by atoms with van der Waals surface area (Å²) in [5.74, 6) is -0.448. The van der Waals surface area contributed by atoms with Crippen molar-refractivity contribution >= 4 is 28.4 Å². The Bertz CT molecular complexity index is 580. The van der Waals surface area contributed by atoms with Crippen molar-refractivity contribution in [2.45, 2.75) is 40.2 Å². The van der Waals surface area contributed by atoms with Crippen LogP contribution in [0.2, 0.25) is 0 Å². The molecule has 0 aliphatic heterocycles. The molecule has 0 bridgehead atoms. The van der Waals surface area contributed by atoms with Crippen LogP contribution in [0.1, 0.15) is 31.4 Å². The Labute approximate surface area is 140 Å². The third-order valence-corrected chi connectivity index (χ3v) is 5.03. The van der Waals surface area contributed by atoms with Crippen molar-refractivity contribution in [2.75, 3.05) is 23.5 Å². The van der Waals surface area contributed by atoms with E-state index in [0.29, 0.717) is 11.4 Å². The number of anilines is 1. The van der Waals surface area contributed by atoms with Crippen LogP contribution in [-0.4, -0.2) is 40.7 Å².